The fraction of sp³-hybridized carbons (Fsp3) is 0.333. The number of hydrogen-bond donors (Lipinski definition) is 1. The smallest absolute Gasteiger partial charge is 0.0790 e. The predicted octanol–water partition coefficient (Wildman–Crippen LogP) is 2.42. The van der Waals surface area contributed by atoms with Crippen molar-refractivity contribution in [1.29, 1.82) is 0 Å². The highest BCUT2D eigenvalue weighted by atomic mass is 35.5. The summed E-state index contributed by atoms with van der Waals surface area (Å²) in [6.45, 7) is 4.99. The van der Waals surface area contributed by atoms with E-state index in [1.807, 2.05) is 12.3 Å². The van der Waals surface area contributed by atoms with E-state index in [0.29, 0.717) is 11.1 Å². The molecule has 2 rings (SSSR count). The minimum Gasteiger partial charge on any atom is -0.310 e. The molecule has 1 N–H and O–H groups in total. The normalized spacial score (nSPS) is 11.1. The van der Waals surface area contributed by atoms with Crippen LogP contribution >= 0.6 is 11.6 Å². The standard InChI is InChI=1S/C12H15ClN4/c1-9(2)15-6-10-5-14-4-3-12(10)17-8-11(13)7-16-17/h3-5,7-9,15H,6H2,1-2H3. The van der Waals surface area contributed by atoms with Crippen LogP contribution in [0.4, 0.5) is 0 Å². The van der Waals surface area contributed by atoms with E-state index in [1.165, 1.54) is 0 Å². The van der Waals surface area contributed by atoms with Crippen molar-refractivity contribution in [3.8, 4) is 5.69 Å². The molecule has 0 spiro atoms. The summed E-state index contributed by atoms with van der Waals surface area (Å²) in [7, 11) is 0. The highest BCUT2D eigenvalue weighted by Gasteiger charge is 2.06. The van der Waals surface area contributed by atoms with E-state index in [9.17, 15) is 0 Å². The molecular weight excluding hydrogens is 236 g/mol. The van der Waals surface area contributed by atoms with Crippen LogP contribution in [0.1, 0.15) is 19.4 Å². The maximum atomic E-state index is 5.88. The molecular formula is C12H15ClN4. The first-order valence-electron chi connectivity index (χ1n) is 5.53. The molecule has 4 nitrogen and oxygen atoms in total. The molecule has 0 aromatic carbocycles. The van der Waals surface area contributed by atoms with Crippen molar-refractivity contribution >= 4 is 11.6 Å². The minimum absolute atomic E-state index is 0.435. The second-order valence-electron chi connectivity index (χ2n) is 4.14. The van der Waals surface area contributed by atoms with Crippen LogP contribution in [-0.2, 0) is 6.54 Å². The van der Waals surface area contributed by atoms with Crippen molar-refractivity contribution in [2.24, 2.45) is 0 Å². The number of nitrogens with one attached hydrogen (secondary N) is 1. The molecule has 0 fully saturated rings. The number of pyridine rings is 1. The zero-order chi connectivity index (χ0) is 12.3. The summed E-state index contributed by atoms with van der Waals surface area (Å²) >= 11 is 5.88. The zero-order valence-electron chi connectivity index (χ0n) is 9.89. The van der Waals surface area contributed by atoms with Crippen LogP contribution in [-0.4, -0.2) is 20.8 Å². The lowest BCUT2D eigenvalue weighted by Crippen LogP contribution is -2.22. The molecule has 0 aliphatic carbocycles. The summed E-state index contributed by atoms with van der Waals surface area (Å²) in [6, 6.07) is 2.37. The first kappa shape index (κ1) is 12.1. The van der Waals surface area contributed by atoms with Gasteiger partial charge in [-0.1, -0.05) is 25.4 Å². The van der Waals surface area contributed by atoms with Gasteiger partial charge >= 0.3 is 0 Å². The third-order valence-electron chi connectivity index (χ3n) is 2.38. The average molecular weight is 251 g/mol. The van der Waals surface area contributed by atoms with Gasteiger partial charge in [-0.2, -0.15) is 5.10 Å². The van der Waals surface area contributed by atoms with Crippen LogP contribution in [0.2, 0.25) is 5.02 Å². The van der Waals surface area contributed by atoms with E-state index in [2.05, 4.69) is 29.2 Å². The Morgan fingerprint density at radius 1 is 1.41 bits per heavy atom. The number of nitrogens with zero attached hydrogens (tertiary/aromatic N) is 3. The van der Waals surface area contributed by atoms with Gasteiger partial charge in [0.05, 0.1) is 16.9 Å². The molecule has 17 heavy (non-hydrogen) atoms. The molecule has 2 aromatic rings. The molecule has 0 saturated carbocycles. The third kappa shape index (κ3) is 3.05. The van der Waals surface area contributed by atoms with Gasteiger partial charge in [0.25, 0.3) is 0 Å². The Balaban J connectivity index is 2.27. The lowest BCUT2D eigenvalue weighted by molar-refractivity contribution is 0.585. The largest absolute Gasteiger partial charge is 0.310 e. The molecule has 5 heteroatoms. The molecule has 2 heterocycles. The predicted molar refractivity (Wildman–Crippen MR) is 68.3 cm³/mol. The Morgan fingerprint density at radius 3 is 2.88 bits per heavy atom. The van der Waals surface area contributed by atoms with Crippen molar-refractivity contribution in [2.45, 2.75) is 26.4 Å². The van der Waals surface area contributed by atoms with Gasteiger partial charge in [0, 0.05) is 36.7 Å². The molecule has 0 unspecified atom stereocenters. The highest BCUT2D eigenvalue weighted by Crippen LogP contribution is 2.15. The van der Waals surface area contributed by atoms with Crippen LogP contribution in [0.3, 0.4) is 0 Å². The quantitative estimate of drug-likeness (QED) is 0.906. The molecule has 0 amide bonds. The van der Waals surface area contributed by atoms with Crippen LogP contribution in [0.15, 0.2) is 30.9 Å². The van der Waals surface area contributed by atoms with Crippen LogP contribution < -0.4 is 5.32 Å². The van der Waals surface area contributed by atoms with Gasteiger partial charge in [0.2, 0.25) is 0 Å². The fourth-order valence-electron chi connectivity index (χ4n) is 1.53. The summed E-state index contributed by atoms with van der Waals surface area (Å²) in [5.74, 6) is 0. The zero-order valence-corrected chi connectivity index (χ0v) is 10.6. The topological polar surface area (TPSA) is 42.7 Å². The van der Waals surface area contributed by atoms with E-state index in [0.717, 1.165) is 17.8 Å². The van der Waals surface area contributed by atoms with Gasteiger partial charge in [0.15, 0.2) is 0 Å². The highest BCUT2D eigenvalue weighted by molar-refractivity contribution is 6.30. The summed E-state index contributed by atoms with van der Waals surface area (Å²) in [5.41, 5.74) is 2.10. The van der Waals surface area contributed by atoms with E-state index < -0.39 is 0 Å². The van der Waals surface area contributed by atoms with E-state index in [1.54, 1.807) is 23.3 Å². The summed E-state index contributed by atoms with van der Waals surface area (Å²) < 4.78 is 1.77. The van der Waals surface area contributed by atoms with E-state index in [-0.39, 0.29) is 0 Å². The average Bonchev–Trinajstić information content (AvgIpc) is 2.73. The molecule has 90 valence electrons. The Hall–Kier alpha value is -1.39. The molecule has 0 bridgehead atoms. The van der Waals surface area contributed by atoms with Crippen LogP contribution in [0.25, 0.3) is 5.69 Å². The van der Waals surface area contributed by atoms with Gasteiger partial charge < -0.3 is 5.32 Å². The monoisotopic (exact) mass is 250 g/mol. The summed E-state index contributed by atoms with van der Waals surface area (Å²) in [4.78, 5) is 4.14. The fourth-order valence-corrected chi connectivity index (χ4v) is 1.66. The summed E-state index contributed by atoms with van der Waals surface area (Å²) in [5, 5.41) is 8.20. The Labute approximate surface area is 106 Å². The Morgan fingerprint density at radius 2 is 2.24 bits per heavy atom. The SMILES string of the molecule is CC(C)NCc1cnccc1-n1cc(Cl)cn1. The molecule has 0 aliphatic rings. The summed E-state index contributed by atoms with van der Waals surface area (Å²) in [6.07, 6.45) is 7.02. The van der Waals surface area contributed by atoms with Crippen molar-refractivity contribution < 1.29 is 0 Å². The molecule has 0 aliphatic heterocycles. The van der Waals surface area contributed by atoms with Gasteiger partial charge in [-0.05, 0) is 6.07 Å². The second-order valence-corrected chi connectivity index (χ2v) is 4.58. The van der Waals surface area contributed by atoms with Crippen molar-refractivity contribution in [3.05, 3.63) is 41.4 Å². The first-order chi connectivity index (χ1) is 8.16. The van der Waals surface area contributed by atoms with Crippen molar-refractivity contribution in [2.75, 3.05) is 0 Å². The second kappa shape index (κ2) is 5.29. The number of aromatic nitrogens is 3. The molecule has 0 radical (unpaired) electrons. The van der Waals surface area contributed by atoms with E-state index >= 15 is 0 Å². The lowest BCUT2D eigenvalue weighted by atomic mass is 10.2. The molecule has 2 aromatic heterocycles. The molecule has 0 saturated heterocycles. The van der Waals surface area contributed by atoms with Crippen LogP contribution in [0, 0.1) is 0 Å². The molecule has 0 atom stereocenters. The van der Waals surface area contributed by atoms with Crippen LogP contribution in [0.5, 0.6) is 0 Å². The maximum Gasteiger partial charge on any atom is 0.0790 e. The number of halogens is 1. The maximum absolute atomic E-state index is 5.88. The Kier molecular flexibility index (Phi) is 3.76. The van der Waals surface area contributed by atoms with E-state index in [4.69, 9.17) is 11.6 Å². The third-order valence-corrected chi connectivity index (χ3v) is 2.57. The van der Waals surface area contributed by atoms with Gasteiger partial charge in [0.1, 0.15) is 0 Å². The van der Waals surface area contributed by atoms with Crippen molar-refractivity contribution in [3.63, 3.8) is 0 Å². The minimum atomic E-state index is 0.435. The van der Waals surface area contributed by atoms with Crippen molar-refractivity contribution in [1.82, 2.24) is 20.1 Å². The lowest BCUT2D eigenvalue weighted by Gasteiger charge is -2.11. The van der Waals surface area contributed by atoms with Gasteiger partial charge in [-0.25, -0.2) is 4.68 Å². The number of hydrogen-bond acceptors (Lipinski definition) is 3. The first-order valence-corrected chi connectivity index (χ1v) is 5.91. The van der Waals surface area contributed by atoms with Gasteiger partial charge in [-0.3, -0.25) is 4.98 Å². The number of rotatable bonds is 4. The van der Waals surface area contributed by atoms with Gasteiger partial charge in [-0.15, -0.1) is 0 Å². The Bertz CT molecular complexity index is 493.